The van der Waals surface area contributed by atoms with Crippen molar-refractivity contribution < 1.29 is 139 Å². The first-order chi connectivity index (χ1) is 60.4. The van der Waals surface area contributed by atoms with Gasteiger partial charge in [-0.05, 0) is 172 Å². The Morgan fingerprint density at radius 1 is 0.362 bits per heavy atom. The number of carbonyl (C=O) groups excluding carboxylic acids is 1. The van der Waals surface area contributed by atoms with Crippen LogP contribution in [0.5, 0.6) is 0 Å². The number of aromatic nitrogens is 12. The number of ketones is 1. The van der Waals surface area contributed by atoms with Gasteiger partial charge in [0.1, 0.15) is 5.69 Å². The summed E-state index contributed by atoms with van der Waals surface area (Å²) in [5.41, 5.74) is 14.6. The molecule has 0 atom stereocenters. The zero-order chi connectivity index (χ0) is 87.8. The van der Waals surface area contributed by atoms with E-state index in [2.05, 4.69) is 217 Å². The molecule has 0 unspecified atom stereocenters. The van der Waals surface area contributed by atoms with Gasteiger partial charge in [-0.2, -0.15) is 219 Å². The number of aliphatic hydroxyl groups excluding tert-OH is 1. The van der Waals surface area contributed by atoms with E-state index in [1.165, 1.54) is 77.8 Å². The number of halogens is 2. The zero-order valence-electron chi connectivity index (χ0n) is 73.3. The predicted molar refractivity (Wildman–Crippen MR) is 491 cm³/mol. The third-order valence-electron chi connectivity index (χ3n) is 19.5. The second-order valence-electron chi connectivity index (χ2n) is 29.1. The van der Waals surface area contributed by atoms with Gasteiger partial charge < -0.3 is 25.0 Å². The molecule has 0 aliphatic carbocycles. The fourth-order valence-electron chi connectivity index (χ4n) is 12.7. The maximum Gasteiger partial charge on any atom is 0.293 e. The number of hydrogen-bond donors (Lipinski definition) is 1. The Hall–Kier alpha value is -10.6. The Bertz CT molecular complexity index is 5250. The van der Waals surface area contributed by atoms with Gasteiger partial charge in [-0.25, -0.2) is 0 Å². The molecule has 17 rings (SSSR count). The molecule has 10 aromatic heterocycles. The van der Waals surface area contributed by atoms with E-state index in [0.717, 1.165) is 90.1 Å². The van der Waals surface area contributed by atoms with Crippen LogP contribution in [0, 0.1) is 36.4 Å². The van der Waals surface area contributed by atoms with Gasteiger partial charge in [-0.15, -0.1) is 0 Å². The number of aryl methyl sites for hydroxylation is 4. The fourth-order valence-corrected chi connectivity index (χ4v) is 12.7. The molecule has 0 bridgehead atoms. The normalized spacial score (nSPS) is 10.3. The fraction of sp³-hybridized carbons (Fsp3) is 0.176. The number of fused-ring (bicyclic) bond motifs is 1. The molecule has 0 amide bonds. The first kappa shape index (κ1) is 114. The van der Waals surface area contributed by atoms with Crippen molar-refractivity contribution in [2.75, 3.05) is 0 Å². The van der Waals surface area contributed by atoms with Crippen LogP contribution in [-0.4, -0.2) is 60.7 Å². The Morgan fingerprint density at radius 2 is 0.731 bits per heavy atom. The number of hydrogen-bond acceptors (Lipinski definition) is 12. The molecular formula is C108H102F2Ir6N12O2-8. The first-order valence-electron chi connectivity index (χ1n) is 41.1. The molecule has 1 N–H and O–H groups in total. The second kappa shape index (κ2) is 62.6. The number of nitrogens with zero attached hydrogens (tertiary/aromatic N) is 12. The Balaban J connectivity index is 0.000000377. The average molecular weight is 2790 g/mol. The van der Waals surface area contributed by atoms with E-state index in [-0.39, 0.29) is 160 Å². The maximum atomic E-state index is 13.8. The molecule has 17 aromatic rings. The van der Waals surface area contributed by atoms with Gasteiger partial charge in [0.2, 0.25) is 0 Å². The number of para-hydroxylation sites is 2. The molecule has 0 saturated heterocycles. The molecule has 0 aliphatic rings. The molecule has 22 heteroatoms. The number of aliphatic hydroxyl groups is 1. The van der Waals surface area contributed by atoms with E-state index in [9.17, 15) is 13.6 Å². The van der Waals surface area contributed by atoms with Crippen molar-refractivity contribution in [1.82, 2.24) is 59.8 Å². The van der Waals surface area contributed by atoms with Crippen LogP contribution in [0.3, 0.4) is 0 Å². The van der Waals surface area contributed by atoms with Crippen molar-refractivity contribution >= 4 is 16.8 Å². The van der Waals surface area contributed by atoms with Crippen LogP contribution in [0.25, 0.3) is 34.1 Å². The van der Waals surface area contributed by atoms with Gasteiger partial charge in [0.15, 0.2) is 5.78 Å². The quantitative estimate of drug-likeness (QED) is 0.0430. The number of imidazole rings is 2. The summed E-state index contributed by atoms with van der Waals surface area (Å²) in [7, 11) is 0. The molecular weight excluding hydrogens is 2690 g/mol. The first-order valence-corrected chi connectivity index (χ1v) is 41.1. The van der Waals surface area contributed by atoms with Crippen LogP contribution >= 0.6 is 0 Å². The van der Waals surface area contributed by atoms with Gasteiger partial charge in [0.05, 0.1) is 17.1 Å². The minimum Gasteiger partial charge on any atom is -0.512 e. The number of pyridine rings is 8. The molecule has 0 spiro atoms. The van der Waals surface area contributed by atoms with E-state index < -0.39 is 5.92 Å². The molecule has 14 nitrogen and oxygen atoms in total. The van der Waals surface area contributed by atoms with Gasteiger partial charge in [-0.1, -0.05) is 139 Å². The summed E-state index contributed by atoms with van der Waals surface area (Å²) in [4.78, 5) is 60.8. The van der Waals surface area contributed by atoms with E-state index in [1.807, 2.05) is 225 Å². The topological polar surface area (TPSA) is 194 Å². The largest absolute Gasteiger partial charge is 0.512 e. The van der Waals surface area contributed by atoms with Crippen LogP contribution in [0.15, 0.2) is 389 Å². The van der Waals surface area contributed by atoms with Crippen molar-refractivity contribution in [3.63, 3.8) is 0 Å². The smallest absolute Gasteiger partial charge is 0.293 e. The minimum absolute atomic E-state index is 0. The molecule has 0 saturated carbocycles. The van der Waals surface area contributed by atoms with E-state index >= 15 is 0 Å². The Kier molecular flexibility index (Phi) is 54.7. The zero-order valence-corrected chi connectivity index (χ0v) is 87.7. The Morgan fingerprint density at radius 3 is 1.09 bits per heavy atom. The van der Waals surface area contributed by atoms with Crippen LogP contribution in [0.1, 0.15) is 142 Å². The number of rotatable bonds is 20. The van der Waals surface area contributed by atoms with Crippen molar-refractivity contribution in [1.29, 1.82) is 0 Å². The molecule has 6 radical (unpaired) electrons. The van der Waals surface area contributed by atoms with E-state index in [4.69, 9.17) is 5.11 Å². The van der Waals surface area contributed by atoms with Gasteiger partial charge >= 0.3 is 0 Å². The van der Waals surface area contributed by atoms with Crippen molar-refractivity contribution in [3.8, 4) is 23.0 Å². The van der Waals surface area contributed by atoms with Gasteiger partial charge in [0.25, 0.3) is 5.92 Å². The SMILES string of the molecule is CC(=O)C=C(C)O.CC(C)(c1[c-]cccc1)c1ccccn1.CC(C)(c1[c-]cccc1)c1ccccn1.CCC(CC)(c1[c-]cccc1)c1ccccn1.FC(F)(c1[c-]cccc1)c1ccccn1.[Ir].[Ir].[Ir].[Ir].[Ir].[Ir].[c-]1ccccc1CCCc1ccccn1.[c-]1ccccc1CCc1ccccn1.c1ccc(-c2nc3ccccc3[n-]2)nc1.c1ccc(-c2ncc[n-]2)nc1. The molecule has 10 heterocycles. The van der Waals surface area contributed by atoms with E-state index in [1.54, 1.807) is 49.1 Å². The number of carbonyl (C=O) groups is 1. The minimum atomic E-state index is -3.08. The third-order valence-corrected chi connectivity index (χ3v) is 19.5. The number of allylic oxidation sites excluding steroid dienone is 2. The average Bonchev–Trinajstić information content (AvgIpc) is 0.929. The van der Waals surface area contributed by atoms with Crippen molar-refractivity contribution in [3.05, 3.63) is 493 Å². The van der Waals surface area contributed by atoms with Crippen LogP contribution in [-0.2, 0) is 173 Å². The summed E-state index contributed by atoms with van der Waals surface area (Å²) in [6.07, 6.45) is 25.9. The third kappa shape index (κ3) is 38.1. The molecule has 130 heavy (non-hydrogen) atoms. The standard InChI is InChI=1S/C16H18N.3C14H14N.C13H12N.C12H8F2N.C12H8N3.C8H6N3.C5H8O2.6Ir/c1-3-16(4-2,14-10-6-5-7-11-14)15-12-8-9-13-17-15;2*1-14(2,12-8-4-3-5-9-12)13-10-6-7-11-15-13;1-2-7-13(8-3-1)9-6-11-14-10-4-5-12-15-14;1-2-6-12(7-3-1)9-10-13-8-4-5-11-14-13;13-12(14,10-6-2-1-3-7-10)11-8-4-5-9-15-11;1-2-6-10-9(5-1)14-12(15-10)11-7-3-4-8-13-11;1-2-4-9-7(3-1)8-10-5-6-11-8;1-4(6)3-5(2)7;;;;;;/h5-10,12-13H,3-4H2,1-2H3;2*3-8,10-11H,1-2H3;1-5,7,10,12H,6,9,11H2;1-6,8,11H,9-10H2;1-6,8-9H;1-8H;1-6H;3,6H,1-2H3;;;;;;/q8*-1;;;;;;;. The summed E-state index contributed by atoms with van der Waals surface area (Å²) in [6.45, 7) is 16.0. The summed E-state index contributed by atoms with van der Waals surface area (Å²) >= 11 is 0. The molecule has 0 aliphatic heterocycles. The number of benzene rings is 7. The van der Waals surface area contributed by atoms with E-state index in [0.29, 0.717) is 11.6 Å². The summed E-state index contributed by atoms with van der Waals surface area (Å²) in [5, 5.41) is 8.36. The predicted octanol–water partition coefficient (Wildman–Crippen LogP) is 23.5. The molecule has 0 fully saturated rings. The van der Waals surface area contributed by atoms with Crippen LogP contribution < -0.4 is 9.97 Å². The van der Waals surface area contributed by atoms with Crippen molar-refractivity contribution in [2.24, 2.45) is 0 Å². The van der Waals surface area contributed by atoms with Crippen LogP contribution in [0.4, 0.5) is 8.78 Å². The Labute approximate surface area is 846 Å². The summed E-state index contributed by atoms with van der Waals surface area (Å²) < 4.78 is 27.6. The van der Waals surface area contributed by atoms with Crippen molar-refractivity contribution in [2.45, 2.75) is 123 Å². The van der Waals surface area contributed by atoms with Gasteiger partial charge in [-0.3, -0.25) is 44.7 Å². The monoisotopic (exact) mass is 2790 g/mol. The second-order valence-corrected chi connectivity index (χ2v) is 29.1. The summed E-state index contributed by atoms with van der Waals surface area (Å²) in [5.74, 6) is -1.77. The van der Waals surface area contributed by atoms with Crippen LogP contribution in [0.2, 0.25) is 0 Å². The maximum absolute atomic E-state index is 13.8. The molecule has 7 aromatic carbocycles. The van der Waals surface area contributed by atoms with Gasteiger partial charge in [0, 0.05) is 221 Å². The molecule has 682 valence electrons. The summed E-state index contributed by atoms with van der Waals surface area (Å²) in [6, 6.07) is 119. The number of alkyl halides is 2.